The first-order valence-electron chi connectivity index (χ1n) is 18.4. The van der Waals surface area contributed by atoms with Crippen molar-refractivity contribution in [2.45, 2.75) is 26.2 Å². The largest absolute Gasteiger partial charge is 0.440 e. The monoisotopic (exact) mass is 735 g/mol. The third-order valence-electron chi connectivity index (χ3n) is 10.9. The molecule has 0 fully saturated rings. The van der Waals surface area contributed by atoms with Crippen LogP contribution in [0.4, 0.5) is 0 Å². The molecule has 0 amide bonds. The average Bonchev–Trinajstić information content (AvgIpc) is 3.55. The number of hydrogen-bond donors (Lipinski definition) is 1. The Labute approximate surface area is 318 Å². The van der Waals surface area contributed by atoms with E-state index < -0.39 is 16.4 Å². The Hall–Kier alpha value is -5.87. The van der Waals surface area contributed by atoms with Crippen molar-refractivity contribution in [1.82, 2.24) is 9.55 Å². The van der Waals surface area contributed by atoms with Gasteiger partial charge in [0.25, 0.3) is 0 Å². The number of hydrogen-bond acceptors (Lipinski definition) is 3. The molecule has 54 heavy (non-hydrogen) atoms. The molecule has 8 aromatic rings. The second kappa shape index (κ2) is 12.9. The molecule has 3 heterocycles. The van der Waals surface area contributed by atoms with Gasteiger partial charge in [0.05, 0.1) is 29.1 Å². The zero-order valence-electron chi connectivity index (χ0n) is 30.9. The normalized spacial score (nSPS) is 13.4. The molecule has 264 valence electrons. The topological polar surface area (TPSA) is 51.2 Å². The van der Waals surface area contributed by atoms with Crippen molar-refractivity contribution in [3.8, 4) is 17.3 Å². The lowest BCUT2D eigenvalue weighted by atomic mass is 9.88. The molecule has 1 aliphatic heterocycles. The van der Waals surface area contributed by atoms with Crippen LogP contribution in [0.15, 0.2) is 170 Å². The molecule has 1 aliphatic rings. The van der Waals surface area contributed by atoms with Gasteiger partial charge in [0.15, 0.2) is 8.07 Å². The molecule has 0 radical (unpaired) electrons. The molecular formula is C47H41N3O2Si2. The van der Waals surface area contributed by atoms with Crippen LogP contribution in [0, 0.1) is 6.33 Å². The minimum atomic E-state index is -3.52. The third kappa shape index (κ3) is 5.30. The van der Waals surface area contributed by atoms with Gasteiger partial charge in [0.1, 0.15) is 5.75 Å². The first kappa shape index (κ1) is 33.9. The van der Waals surface area contributed by atoms with Gasteiger partial charge in [-0.15, -0.1) is 0 Å². The van der Waals surface area contributed by atoms with Gasteiger partial charge in [0.2, 0.25) is 12.2 Å². The van der Waals surface area contributed by atoms with Gasteiger partial charge in [-0.1, -0.05) is 166 Å². The summed E-state index contributed by atoms with van der Waals surface area (Å²) in [7, 11) is -4.26. The summed E-state index contributed by atoms with van der Waals surface area (Å²) in [5.74, 6) is 1.12. The zero-order chi connectivity index (χ0) is 37.1. The van der Waals surface area contributed by atoms with E-state index in [2.05, 4.69) is 146 Å². The molecular weight excluding hydrogens is 695 g/mol. The molecule has 7 heteroatoms. The van der Waals surface area contributed by atoms with Crippen LogP contribution in [-0.2, 0) is 12.5 Å². The predicted molar refractivity (Wildman–Crippen MR) is 223 cm³/mol. The molecule has 0 unspecified atom stereocenters. The minimum Gasteiger partial charge on any atom is -0.440 e. The first-order chi connectivity index (χ1) is 26.2. The number of aryl methyl sites for hydroxylation is 1. The lowest BCUT2D eigenvalue weighted by molar-refractivity contribution is -0.649. The van der Waals surface area contributed by atoms with Gasteiger partial charge in [0, 0.05) is 6.07 Å². The maximum absolute atomic E-state index is 12.9. The molecule has 0 spiro atoms. The molecule has 5 nitrogen and oxygen atoms in total. The Morgan fingerprint density at radius 2 is 1.24 bits per heavy atom. The van der Waals surface area contributed by atoms with Crippen LogP contribution in [0.5, 0.6) is 11.6 Å². The number of benzene rings is 6. The van der Waals surface area contributed by atoms with Crippen molar-refractivity contribution in [3.63, 3.8) is 0 Å². The van der Waals surface area contributed by atoms with Gasteiger partial charge in [-0.3, -0.25) is 0 Å². The number of fused-ring (bicyclic) bond motifs is 2. The Balaban J connectivity index is 1.26. The summed E-state index contributed by atoms with van der Waals surface area (Å²) in [4.78, 5) is 18.1. The van der Waals surface area contributed by atoms with E-state index >= 15 is 0 Å². The number of nitrogens with zero attached hydrogens (tertiary/aromatic N) is 3. The van der Waals surface area contributed by atoms with Gasteiger partial charge >= 0.3 is 8.32 Å². The van der Waals surface area contributed by atoms with Gasteiger partial charge < -0.3 is 18.7 Å². The molecule has 6 aromatic carbocycles. The number of pyridine rings is 1. The fourth-order valence-corrected chi connectivity index (χ4v) is 16.3. The quantitative estimate of drug-likeness (QED) is 0.150. The summed E-state index contributed by atoms with van der Waals surface area (Å²) in [5, 5.41) is 7.64. The summed E-state index contributed by atoms with van der Waals surface area (Å²) in [5.41, 5.74) is 4.15. The van der Waals surface area contributed by atoms with Crippen molar-refractivity contribution < 1.29 is 14.1 Å². The summed E-state index contributed by atoms with van der Waals surface area (Å²) >= 11 is 0. The van der Waals surface area contributed by atoms with E-state index in [0.717, 1.165) is 27.1 Å². The number of rotatable bonds is 7. The first-order valence-corrected chi connectivity index (χ1v) is 22.4. The number of imidazole rings is 1. The van der Waals surface area contributed by atoms with Crippen molar-refractivity contribution >= 4 is 63.9 Å². The average molecular weight is 736 g/mol. The highest BCUT2D eigenvalue weighted by Crippen LogP contribution is 2.31. The minimum absolute atomic E-state index is 0.227. The van der Waals surface area contributed by atoms with E-state index in [9.17, 15) is 4.80 Å². The lowest BCUT2D eigenvalue weighted by Gasteiger charge is -2.40. The van der Waals surface area contributed by atoms with Gasteiger partial charge in [-0.2, -0.15) is 0 Å². The van der Waals surface area contributed by atoms with E-state index in [-0.39, 0.29) is 5.41 Å². The van der Waals surface area contributed by atoms with Crippen LogP contribution in [0.3, 0.4) is 0 Å². The maximum atomic E-state index is 12.9. The molecule has 0 bridgehead atoms. The number of aromatic nitrogens is 3. The maximum Gasteiger partial charge on any atom is 0.304 e. The Morgan fingerprint density at radius 1 is 0.667 bits per heavy atom. The van der Waals surface area contributed by atoms with Crippen LogP contribution in [0.25, 0.3) is 16.7 Å². The van der Waals surface area contributed by atoms with Crippen LogP contribution in [0.2, 0.25) is 0 Å². The summed E-state index contributed by atoms with van der Waals surface area (Å²) < 4.78 is 11.1. The summed E-state index contributed by atoms with van der Waals surface area (Å²) in [6.07, 6.45) is 3.63. The van der Waals surface area contributed by atoms with Crippen LogP contribution >= 0.6 is 0 Å². The van der Waals surface area contributed by atoms with E-state index in [1.54, 1.807) is 0 Å². The van der Waals surface area contributed by atoms with Crippen molar-refractivity contribution in [2.24, 2.45) is 7.05 Å². The number of ether oxygens (including phenoxy) is 1. The molecule has 0 atom stereocenters. The van der Waals surface area contributed by atoms with Crippen LogP contribution < -0.4 is 45.7 Å². The number of para-hydroxylation sites is 1. The summed E-state index contributed by atoms with van der Waals surface area (Å²) in [6, 6.07) is 59.2. The fourth-order valence-electron chi connectivity index (χ4n) is 8.27. The smallest absolute Gasteiger partial charge is 0.304 e. The van der Waals surface area contributed by atoms with Crippen molar-refractivity contribution in [2.75, 3.05) is 0 Å². The van der Waals surface area contributed by atoms with E-state index in [0.29, 0.717) is 16.9 Å². The standard InChI is InChI=1S/C47H41N3O2Si2/c1-47(2,3)34-30-44(48-45(31-34)54(51,38-22-13-7-14-23-38)39-24-15-8-16-25-39)52-35-28-29-42-41(32-35)50-33-49(4)40-26-17-27-43(46(40)50)53(42,36-18-9-5-10-19-36)37-20-11-6-12-21-37/h5-32,51H,1-4H3. The third-order valence-corrected chi connectivity index (χ3v) is 19.1. The van der Waals surface area contributed by atoms with E-state index in [1.165, 1.54) is 26.3 Å². The van der Waals surface area contributed by atoms with E-state index in [4.69, 9.17) is 9.72 Å². The van der Waals surface area contributed by atoms with Crippen molar-refractivity contribution in [1.29, 1.82) is 0 Å². The highest BCUT2D eigenvalue weighted by molar-refractivity contribution is 7.21. The Morgan fingerprint density at radius 3 is 1.81 bits per heavy atom. The zero-order valence-corrected chi connectivity index (χ0v) is 32.9. The highest BCUT2D eigenvalue weighted by atomic mass is 28.4. The van der Waals surface area contributed by atoms with Crippen LogP contribution in [-0.4, -0.2) is 30.7 Å². The second-order valence-corrected chi connectivity index (χ2v) is 22.0. The predicted octanol–water partition coefficient (Wildman–Crippen LogP) is 4.39. The lowest BCUT2D eigenvalue weighted by Crippen LogP contribution is -2.76. The summed E-state index contributed by atoms with van der Waals surface area (Å²) in [6.45, 7) is 6.55. The molecule has 0 aliphatic carbocycles. The molecule has 0 saturated carbocycles. The SMILES string of the molecule is C[n+]1[c-]n2c3c(cccc31)[Si](c1ccccc1)(c1ccccc1)c1ccc(Oc3cc(C(C)(C)C)cc([Si](O)(c4ccccc4)c4ccccc4)n3)cc1-2. The Kier molecular flexibility index (Phi) is 8.12. The molecule has 0 saturated heterocycles. The van der Waals surface area contributed by atoms with E-state index in [1.807, 2.05) is 66.7 Å². The fraction of sp³-hybridized carbons (Fsp3) is 0.106. The molecule has 9 rings (SSSR count). The second-order valence-electron chi connectivity index (χ2n) is 15.2. The highest BCUT2D eigenvalue weighted by Gasteiger charge is 2.46. The molecule has 1 N–H and O–H groups in total. The van der Waals surface area contributed by atoms with Crippen LogP contribution in [0.1, 0.15) is 26.3 Å². The van der Waals surface area contributed by atoms with Gasteiger partial charge in [-0.05, 0) is 60.3 Å². The Bertz CT molecular complexity index is 2560. The van der Waals surface area contributed by atoms with Crippen molar-refractivity contribution in [3.05, 3.63) is 182 Å². The molecule has 2 aromatic heterocycles. The van der Waals surface area contributed by atoms with Gasteiger partial charge in [-0.25, -0.2) is 4.98 Å².